The molecular formula is C17H18ClN5S. The van der Waals surface area contributed by atoms with E-state index in [9.17, 15) is 0 Å². The highest BCUT2D eigenvalue weighted by Crippen LogP contribution is 2.39. The minimum absolute atomic E-state index is 0.0114. The Morgan fingerprint density at radius 2 is 2.08 bits per heavy atom. The molecule has 2 aromatic carbocycles. The Kier molecular flexibility index (Phi) is 5.50. The molecular weight excluding hydrogens is 342 g/mol. The van der Waals surface area contributed by atoms with E-state index in [1.807, 2.05) is 42.5 Å². The molecule has 1 unspecified atom stereocenters. The number of fused-ring (bicyclic) bond motifs is 1. The SMILES string of the molecule is N=C(N=NC1CCSc2ccc(Cl)cc21)Nc1ccc(CN)cc1. The average Bonchev–Trinajstić information content (AvgIpc) is 2.60. The van der Waals surface area contributed by atoms with Gasteiger partial charge in [-0.1, -0.05) is 23.7 Å². The van der Waals surface area contributed by atoms with Gasteiger partial charge >= 0.3 is 0 Å². The zero-order valence-corrected chi connectivity index (χ0v) is 14.6. The second kappa shape index (κ2) is 7.79. The molecule has 0 spiro atoms. The predicted molar refractivity (Wildman–Crippen MR) is 100 cm³/mol. The Hall–Kier alpha value is -1.89. The Bertz CT molecular complexity index is 760. The molecule has 1 heterocycles. The van der Waals surface area contributed by atoms with Gasteiger partial charge in [-0.15, -0.1) is 16.9 Å². The van der Waals surface area contributed by atoms with Crippen LogP contribution in [-0.4, -0.2) is 11.7 Å². The van der Waals surface area contributed by atoms with Gasteiger partial charge < -0.3 is 11.1 Å². The Morgan fingerprint density at radius 1 is 1.29 bits per heavy atom. The van der Waals surface area contributed by atoms with Crippen molar-refractivity contribution in [2.75, 3.05) is 11.1 Å². The van der Waals surface area contributed by atoms with Crippen LogP contribution in [0.5, 0.6) is 0 Å². The molecule has 0 saturated heterocycles. The first-order chi connectivity index (χ1) is 11.7. The normalized spacial score (nSPS) is 16.8. The van der Waals surface area contributed by atoms with Gasteiger partial charge in [-0.3, -0.25) is 5.41 Å². The summed E-state index contributed by atoms with van der Waals surface area (Å²) in [5.74, 6) is 0.997. The van der Waals surface area contributed by atoms with Gasteiger partial charge in [-0.2, -0.15) is 5.11 Å². The Balaban J connectivity index is 1.67. The first-order valence-electron chi connectivity index (χ1n) is 7.63. The van der Waals surface area contributed by atoms with Crippen LogP contribution in [0.3, 0.4) is 0 Å². The van der Waals surface area contributed by atoms with Crippen LogP contribution in [-0.2, 0) is 6.54 Å². The highest BCUT2D eigenvalue weighted by atomic mass is 35.5. The molecule has 0 saturated carbocycles. The number of halogens is 1. The maximum absolute atomic E-state index is 7.94. The number of guanidine groups is 1. The van der Waals surface area contributed by atoms with Crippen molar-refractivity contribution in [1.29, 1.82) is 5.41 Å². The van der Waals surface area contributed by atoms with Crippen molar-refractivity contribution in [3.63, 3.8) is 0 Å². The zero-order chi connectivity index (χ0) is 16.9. The number of hydrogen-bond acceptors (Lipinski definition) is 4. The molecule has 0 bridgehead atoms. The maximum Gasteiger partial charge on any atom is 0.239 e. The van der Waals surface area contributed by atoms with Crippen molar-refractivity contribution in [3.05, 3.63) is 58.6 Å². The number of anilines is 1. The Labute approximate surface area is 150 Å². The van der Waals surface area contributed by atoms with Crippen molar-refractivity contribution in [3.8, 4) is 0 Å². The zero-order valence-electron chi connectivity index (χ0n) is 13.0. The van der Waals surface area contributed by atoms with E-state index in [1.54, 1.807) is 11.8 Å². The third-order valence-electron chi connectivity index (χ3n) is 3.73. The van der Waals surface area contributed by atoms with Gasteiger partial charge in [0, 0.05) is 27.9 Å². The van der Waals surface area contributed by atoms with Crippen LogP contribution in [0.4, 0.5) is 5.69 Å². The number of azo groups is 1. The largest absolute Gasteiger partial charge is 0.326 e. The Morgan fingerprint density at radius 3 is 2.83 bits per heavy atom. The lowest BCUT2D eigenvalue weighted by molar-refractivity contribution is 0.651. The number of thioether (sulfide) groups is 1. The minimum atomic E-state index is -0.0540. The molecule has 7 heteroatoms. The summed E-state index contributed by atoms with van der Waals surface area (Å²) in [6.45, 7) is 0.499. The van der Waals surface area contributed by atoms with Gasteiger partial charge in [0.2, 0.25) is 5.96 Å². The lowest BCUT2D eigenvalue weighted by atomic mass is 10.1. The van der Waals surface area contributed by atoms with E-state index in [4.69, 9.17) is 22.7 Å². The van der Waals surface area contributed by atoms with Crippen LogP contribution in [0, 0.1) is 5.41 Å². The molecule has 0 aromatic heterocycles. The van der Waals surface area contributed by atoms with E-state index in [0.717, 1.165) is 29.0 Å². The number of nitrogens with two attached hydrogens (primary N) is 1. The van der Waals surface area contributed by atoms with E-state index < -0.39 is 0 Å². The quantitative estimate of drug-likeness (QED) is 0.416. The van der Waals surface area contributed by atoms with E-state index in [0.29, 0.717) is 11.6 Å². The lowest BCUT2D eigenvalue weighted by Crippen LogP contribution is -2.09. The fourth-order valence-electron chi connectivity index (χ4n) is 2.48. The number of benzene rings is 2. The molecule has 1 aliphatic rings. The summed E-state index contributed by atoms with van der Waals surface area (Å²) in [5.41, 5.74) is 8.49. The van der Waals surface area contributed by atoms with Crippen molar-refractivity contribution < 1.29 is 0 Å². The number of nitrogens with zero attached hydrogens (tertiary/aromatic N) is 2. The van der Waals surface area contributed by atoms with Gasteiger partial charge in [0.25, 0.3) is 0 Å². The van der Waals surface area contributed by atoms with Gasteiger partial charge in [-0.25, -0.2) is 0 Å². The van der Waals surface area contributed by atoms with Crippen LogP contribution in [0.2, 0.25) is 5.02 Å². The molecule has 5 nitrogen and oxygen atoms in total. The summed E-state index contributed by atoms with van der Waals surface area (Å²) in [6, 6.07) is 13.4. The third-order valence-corrected chi connectivity index (χ3v) is 5.09. The summed E-state index contributed by atoms with van der Waals surface area (Å²) in [7, 11) is 0. The number of rotatable bonds is 3. The highest BCUT2D eigenvalue weighted by Gasteiger charge is 2.20. The van der Waals surface area contributed by atoms with Crippen LogP contribution < -0.4 is 11.1 Å². The van der Waals surface area contributed by atoms with Crippen molar-refractivity contribution in [2.45, 2.75) is 23.9 Å². The number of hydrogen-bond donors (Lipinski definition) is 3. The van der Waals surface area contributed by atoms with Gasteiger partial charge in [0.05, 0.1) is 6.04 Å². The molecule has 0 fully saturated rings. The molecule has 4 N–H and O–H groups in total. The average molecular weight is 360 g/mol. The number of nitrogens with one attached hydrogen (secondary N) is 2. The van der Waals surface area contributed by atoms with Crippen LogP contribution in [0.1, 0.15) is 23.6 Å². The summed E-state index contributed by atoms with van der Waals surface area (Å²) >= 11 is 7.89. The van der Waals surface area contributed by atoms with Gasteiger partial charge in [0.1, 0.15) is 0 Å². The van der Waals surface area contributed by atoms with E-state index in [2.05, 4.69) is 15.5 Å². The smallest absolute Gasteiger partial charge is 0.239 e. The molecule has 0 amide bonds. The van der Waals surface area contributed by atoms with Crippen LogP contribution in [0.25, 0.3) is 0 Å². The molecule has 1 aliphatic heterocycles. The third kappa shape index (κ3) is 4.14. The summed E-state index contributed by atoms with van der Waals surface area (Å²) in [5, 5.41) is 19.9. The van der Waals surface area contributed by atoms with E-state index >= 15 is 0 Å². The summed E-state index contributed by atoms with van der Waals surface area (Å²) in [4.78, 5) is 1.19. The molecule has 0 aliphatic carbocycles. The van der Waals surface area contributed by atoms with Crippen molar-refractivity contribution in [1.82, 2.24) is 0 Å². The maximum atomic E-state index is 7.94. The van der Waals surface area contributed by atoms with Gasteiger partial charge in [0.15, 0.2) is 0 Å². The molecule has 24 heavy (non-hydrogen) atoms. The predicted octanol–water partition coefficient (Wildman–Crippen LogP) is 4.83. The van der Waals surface area contributed by atoms with E-state index in [1.165, 1.54) is 4.90 Å². The van der Waals surface area contributed by atoms with Crippen molar-refractivity contribution in [2.24, 2.45) is 16.0 Å². The first kappa shape index (κ1) is 17.0. The van der Waals surface area contributed by atoms with Crippen LogP contribution in [0.15, 0.2) is 57.6 Å². The molecule has 124 valence electrons. The molecule has 1 atom stereocenters. The van der Waals surface area contributed by atoms with Crippen LogP contribution >= 0.6 is 23.4 Å². The standard InChI is InChI=1S/C17H18ClN5S/c18-12-3-6-16-14(9-12)15(7-8-24-16)22-23-17(20)21-13-4-1-11(10-19)2-5-13/h1-6,9,15H,7-8,10,19H2,(H2,20,21). The van der Waals surface area contributed by atoms with E-state index in [-0.39, 0.29) is 12.0 Å². The molecule has 2 aromatic rings. The van der Waals surface area contributed by atoms with Crippen molar-refractivity contribution >= 4 is 35.0 Å². The monoisotopic (exact) mass is 359 g/mol. The molecule has 0 radical (unpaired) electrons. The summed E-state index contributed by atoms with van der Waals surface area (Å²) < 4.78 is 0. The fourth-order valence-corrected chi connectivity index (χ4v) is 3.75. The molecule has 3 rings (SSSR count). The fraction of sp³-hybridized carbons (Fsp3) is 0.235. The lowest BCUT2D eigenvalue weighted by Gasteiger charge is -2.21. The highest BCUT2D eigenvalue weighted by molar-refractivity contribution is 7.99. The van der Waals surface area contributed by atoms with Gasteiger partial charge in [-0.05, 0) is 47.9 Å². The second-order valence-corrected chi connectivity index (χ2v) is 7.00. The topological polar surface area (TPSA) is 86.6 Å². The minimum Gasteiger partial charge on any atom is -0.326 e. The summed E-state index contributed by atoms with van der Waals surface area (Å²) in [6.07, 6.45) is 0.889. The first-order valence-corrected chi connectivity index (χ1v) is 9.00. The second-order valence-electron chi connectivity index (χ2n) is 5.43.